The van der Waals surface area contributed by atoms with Crippen LogP contribution in [0.4, 0.5) is 0 Å². The van der Waals surface area contributed by atoms with Crippen LogP contribution in [0.2, 0.25) is 0 Å². The van der Waals surface area contributed by atoms with E-state index in [1.165, 1.54) is 6.92 Å². The van der Waals surface area contributed by atoms with E-state index in [4.69, 9.17) is 24.1 Å². The molecule has 11 heteroatoms. The number of aliphatic hydroxyl groups is 2. The number of esters is 1. The van der Waals surface area contributed by atoms with E-state index in [1.54, 1.807) is 18.2 Å². The number of carbonyl (C=O) groups excluding carboxylic acids is 3. The molecule has 8 atom stereocenters. The summed E-state index contributed by atoms with van der Waals surface area (Å²) in [7, 11) is 0. The first-order valence-corrected chi connectivity index (χ1v) is 17.9. The summed E-state index contributed by atoms with van der Waals surface area (Å²) in [6.45, 7) is 1.05. The van der Waals surface area contributed by atoms with E-state index in [1.807, 2.05) is 72.8 Å². The highest BCUT2D eigenvalue weighted by molar-refractivity contribution is 5.97. The van der Waals surface area contributed by atoms with Gasteiger partial charge in [-0.25, -0.2) is 4.79 Å². The number of epoxide rings is 1. The molecule has 0 bridgehead atoms. The van der Waals surface area contributed by atoms with Crippen molar-refractivity contribution in [2.75, 3.05) is 13.2 Å². The van der Waals surface area contributed by atoms with Crippen LogP contribution in [0, 0.1) is 5.92 Å². The lowest BCUT2D eigenvalue weighted by Crippen LogP contribution is -2.54. The zero-order valence-electron chi connectivity index (χ0n) is 28.9. The van der Waals surface area contributed by atoms with Crippen LogP contribution in [0.3, 0.4) is 0 Å². The molecular weight excluding hydrogens is 664 g/mol. The Morgan fingerprint density at radius 1 is 0.942 bits per heavy atom. The van der Waals surface area contributed by atoms with E-state index in [-0.39, 0.29) is 25.1 Å². The number of amides is 2. The molecule has 3 unspecified atom stereocenters. The summed E-state index contributed by atoms with van der Waals surface area (Å²) in [5, 5.41) is 24.6. The maximum absolute atomic E-state index is 13.7. The predicted octanol–water partition coefficient (Wildman–Crippen LogP) is 3.78. The number of allylic oxidation sites excluding steroid dienone is 1. The zero-order valence-corrected chi connectivity index (χ0v) is 28.9. The van der Waals surface area contributed by atoms with Gasteiger partial charge in [0.25, 0.3) is 0 Å². The van der Waals surface area contributed by atoms with Crippen LogP contribution >= 0.6 is 0 Å². The fourth-order valence-electron chi connectivity index (χ4n) is 7.31. The van der Waals surface area contributed by atoms with Crippen molar-refractivity contribution >= 4 is 23.9 Å². The SMILES string of the molecule is C[C@H](O)[C@@H](NC(=O)C1=C[C@H]2OC(c3ccccc3)(c3ccccc3)O[C@H]2[C@H](OC(=O)c2ccc(C=CC3CCC4OC4C3)cc2)C1)C(=O)NCCO. The highest BCUT2D eigenvalue weighted by atomic mass is 16.8. The van der Waals surface area contributed by atoms with E-state index in [0.717, 1.165) is 36.0 Å². The Labute approximate surface area is 302 Å². The molecule has 4 aliphatic rings. The Bertz CT molecular complexity index is 1750. The van der Waals surface area contributed by atoms with E-state index in [2.05, 4.69) is 22.8 Å². The molecule has 11 nitrogen and oxygen atoms in total. The smallest absolute Gasteiger partial charge is 0.338 e. The van der Waals surface area contributed by atoms with Crippen LogP contribution in [0.15, 0.2) is 103 Å². The number of benzene rings is 3. The van der Waals surface area contributed by atoms with Crippen molar-refractivity contribution in [3.63, 3.8) is 0 Å². The number of rotatable bonds is 12. The number of fused-ring (bicyclic) bond motifs is 2. The van der Waals surface area contributed by atoms with Gasteiger partial charge < -0.3 is 39.8 Å². The third-order valence-electron chi connectivity index (χ3n) is 10.2. The fraction of sp³-hybridized carbons (Fsp3) is 0.390. The Balaban J connectivity index is 1.14. The second-order valence-corrected chi connectivity index (χ2v) is 13.8. The van der Waals surface area contributed by atoms with Crippen molar-refractivity contribution < 1.29 is 43.5 Å². The van der Waals surface area contributed by atoms with Crippen LogP contribution in [0.1, 0.15) is 59.7 Å². The molecule has 3 aromatic rings. The second kappa shape index (κ2) is 15.5. The topological polar surface area (TPSA) is 156 Å². The minimum atomic E-state index is -1.38. The van der Waals surface area contributed by atoms with Crippen molar-refractivity contribution in [2.24, 2.45) is 5.92 Å². The molecule has 272 valence electrons. The van der Waals surface area contributed by atoms with Gasteiger partial charge in [-0.15, -0.1) is 0 Å². The molecule has 4 N–H and O–H groups in total. The Kier molecular flexibility index (Phi) is 10.7. The van der Waals surface area contributed by atoms with Crippen LogP contribution < -0.4 is 10.6 Å². The van der Waals surface area contributed by atoms with Gasteiger partial charge in [0.05, 0.1) is 30.5 Å². The molecule has 3 aromatic carbocycles. The molecule has 0 spiro atoms. The van der Waals surface area contributed by atoms with Crippen molar-refractivity contribution in [3.8, 4) is 0 Å². The Morgan fingerprint density at radius 3 is 2.27 bits per heavy atom. The first-order chi connectivity index (χ1) is 25.2. The average Bonchev–Trinajstić information content (AvgIpc) is 3.84. The largest absolute Gasteiger partial charge is 0.456 e. The third kappa shape index (κ3) is 7.74. The molecule has 0 radical (unpaired) electrons. The van der Waals surface area contributed by atoms with Crippen molar-refractivity contribution in [1.82, 2.24) is 10.6 Å². The van der Waals surface area contributed by atoms with Crippen LogP contribution in [-0.4, -0.2) is 83.8 Å². The summed E-state index contributed by atoms with van der Waals surface area (Å²) in [6, 6.07) is 24.7. The third-order valence-corrected chi connectivity index (χ3v) is 10.2. The normalized spacial score (nSPS) is 27.0. The molecule has 52 heavy (non-hydrogen) atoms. The van der Waals surface area contributed by atoms with Crippen LogP contribution in [0.5, 0.6) is 0 Å². The van der Waals surface area contributed by atoms with E-state index >= 15 is 0 Å². The molecule has 7 rings (SSSR count). The Hall–Kier alpha value is -4.65. The van der Waals surface area contributed by atoms with Crippen LogP contribution in [-0.2, 0) is 34.3 Å². The van der Waals surface area contributed by atoms with Gasteiger partial charge in [-0.2, -0.15) is 0 Å². The Morgan fingerprint density at radius 2 is 1.63 bits per heavy atom. The maximum Gasteiger partial charge on any atom is 0.338 e. The summed E-state index contributed by atoms with van der Waals surface area (Å²) in [5.74, 6) is -2.77. The maximum atomic E-state index is 13.7. The van der Waals surface area contributed by atoms with Crippen molar-refractivity contribution in [1.29, 1.82) is 0 Å². The van der Waals surface area contributed by atoms with Gasteiger partial charge >= 0.3 is 5.97 Å². The quantitative estimate of drug-likeness (QED) is 0.163. The average molecular weight is 709 g/mol. The molecule has 2 saturated heterocycles. The molecular formula is C41H44N2O9. The number of nitrogens with one attached hydrogen (secondary N) is 2. The minimum absolute atomic E-state index is 0.0390. The standard InChI is InChI=1S/C41H44N2O9/c1-25(45)36(39(47)42-20-21-44)43-38(46)29-23-34(50-40(48)28-17-14-26(15-18-28)12-13-27-16-19-32-33(22-27)49-32)37-35(24-29)51-41(52-37,30-8-4-2-5-9-30)31-10-6-3-7-11-31/h2-15,17-18,24-25,27,32-37,44-45H,16,19-23H2,1H3,(H,42,47)(H,43,46)/t25-,27?,32?,33?,34+,35+,36+,37-/m0/s1. The summed E-state index contributed by atoms with van der Waals surface area (Å²) < 4.78 is 25.3. The second-order valence-electron chi connectivity index (χ2n) is 13.8. The van der Waals surface area contributed by atoms with Gasteiger partial charge in [-0.1, -0.05) is 84.9 Å². The number of carbonyl (C=O) groups is 3. The van der Waals surface area contributed by atoms with Gasteiger partial charge in [-0.3, -0.25) is 9.59 Å². The van der Waals surface area contributed by atoms with Gasteiger partial charge in [0.15, 0.2) is 0 Å². The van der Waals surface area contributed by atoms with Crippen molar-refractivity contribution in [3.05, 3.63) is 125 Å². The summed E-state index contributed by atoms with van der Waals surface area (Å²) in [6.07, 6.45) is 6.17. The van der Waals surface area contributed by atoms with Gasteiger partial charge in [0.2, 0.25) is 17.6 Å². The number of aliphatic hydroxyl groups excluding tert-OH is 2. The van der Waals surface area contributed by atoms with E-state index < -0.39 is 54.0 Å². The van der Waals surface area contributed by atoms with E-state index in [0.29, 0.717) is 23.7 Å². The fourth-order valence-corrected chi connectivity index (χ4v) is 7.31. The monoisotopic (exact) mass is 708 g/mol. The summed E-state index contributed by atoms with van der Waals surface area (Å²) >= 11 is 0. The molecule has 1 saturated carbocycles. The number of ether oxygens (including phenoxy) is 4. The molecule has 2 aliphatic heterocycles. The lowest BCUT2D eigenvalue weighted by molar-refractivity contribution is -0.157. The minimum Gasteiger partial charge on any atom is -0.456 e. The molecule has 2 amide bonds. The molecule has 3 fully saturated rings. The number of hydrogen-bond donors (Lipinski definition) is 4. The molecule has 2 heterocycles. The first-order valence-electron chi connectivity index (χ1n) is 17.9. The van der Waals surface area contributed by atoms with E-state index in [9.17, 15) is 19.5 Å². The highest BCUT2D eigenvalue weighted by Crippen LogP contribution is 2.47. The van der Waals surface area contributed by atoms with Crippen molar-refractivity contribution in [2.45, 2.75) is 81.1 Å². The number of hydrogen-bond acceptors (Lipinski definition) is 9. The molecule has 2 aliphatic carbocycles. The summed E-state index contributed by atoms with van der Waals surface area (Å²) in [5.41, 5.74) is 2.94. The lowest BCUT2D eigenvalue weighted by Gasteiger charge is -2.31. The lowest BCUT2D eigenvalue weighted by atomic mass is 9.89. The highest BCUT2D eigenvalue weighted by Gasteiger charge is 2.55. The zero-order chi connectivity index (χ0) is 36.2. The predicted molar refractivity (Wildman–Crippen MR) is 190 cm³/mol. The first kappa shape index (κ1) is 35.7. The molecule has 0 aromatic heterocycles. The van der Waals surface area contributed by atoms with Gasteiger partial charge in [0, 0.05) is 29.7 Å². The van der Waals surface area contributed by atoms with Gasteiger partial charge in [-0.05, 0) is 55.9 Å². The summed E-state index contributed by atoms with van der Waals surface area (Å²) in [4.78, 5) is 40.2. The van der Waals surface area contributed by atoms with Gasteiger partial charge in [0.1, 0.15) is 24.4 Å². The van der Waals surface area contributed by atoms with Crippen LogP contribution in [0.25, 0.3) is 6.08 Å².